The zero-order chi connectivity index (χ0) is 20.0. The van der Waals surface area contributed by atoms with Crippen LogP contribution < -0.4 is 10.3 Å². The van der Waals surface area contributed by atoms with Crippen molar-refractivity contribution in [2.75, 3.05) is 5.75 Å². The van der Waals surface area contributed by atoms with Crippen LogP contribution in [-0.4, -0.2) is 31.6 Å². The van der Waals surface area contributed by atoms with E-state index in [4.69, 9.17) is 9.62 Å². The van der Waals surface area contributed by atoms with E-state index in [-0.39, 0.29) is 0 Å². The third-order valence-electron chi connectivity index (χ3n) is 4.69. The van der Waals surface area contributed by atoms with Crippen LogP contribution in [-0.2, 0) is 0 Å². The van der Waals surface area contributed by atoms with Gasteiger partial charge in [-0.2, -0.15) is 9.78 Å². The van der Waals surface area contributed by atoms with Crippen molar-refractivity contribution < 1.29 is 9.20 Å². The number of nitrogens with one attached hydrogen (secondary N) is 1. The minimum Gasteiger partial charge on any atom is -0.282 e. The molecule has 1 aliphatic rings. The lowest BCUT2D eigenvalue weighted by Crippen LogP contribution is -2.42. The molecule has 2 aromatic carbocycles. The van der Waals surface area contributed by atoms with Crippen molar-refractivity contribution in [2.45, 2.75) is 19.0 Å². The summed E-state index contributed by atoms with van der Waals surface area (Å²) < 4.78 is 8.38. The highest BCUT2D eigenvalue weighted by Gasteiger charge is 2.32. The van der Waals surface area contributed by atoms with Crippen LogP contribution in [0.2, 0.25) is 0 Å². The van der Waals surface area contributed by atoms with Gasteiger partial charge in [-0.3, -0.25) is 4.52 Å². The summed E-state index contributed by atoms with van der Waals surface area (Å²) in [6.07, 6.45) is 0. The largest absolute Gasteiger partial charge is 0.437 e. The molecule has 144 valence electrons. The van der Waals surface area contributed by atoms with Gasteiger partial charge in [0.2, 0.25) is 10.8 Å². The van der Waals surface area contributed by atoms with Gasteiger partial charge in [0, 0.05) is 17.7 Å². The van der Waals surface area contributed by atoms with Crippen LogP contribution in [0, 0.1) is 13.8 Å². The number of nitrogens with zero attached hydrogens (tertiary/aromatic N) is 5. The molecular formula is C20H17N6O2S+. The standard InChI is InChI=1S/C20H16N6O2S/c1-12-3-7-14(8-4-12)18-21-22-20-26(18)23-16(11-29-20)17-19(27)28-24-25(17)15-9-5-13(2)6-10-15/h3-10H,11H2,1-2H3/p+1. The Balaban J connectivity index is 1.62. The van der Waals surface area contributed by atoms with Gasteiger partial charge in [0.15, 0.2) is 11.5 Å². The summed E-state index contributed by atoms with van der Waals surface area (Å²) in [4.78, 5) is 12.5. The molecule has 0 spiro atoms. The normalized spacial score (nSPS) is 13.2. The first-order chi connectivity index (χ1) is 14.1. The highest BCUT2D eigenvalue weighted by molar-refractivity contribution is 7.99. The van der Waals surface area contributed by atoms with Crippen LogP contribution in [0.4, 0.5) is 0 Å². The summed E-state index contributed by atoms with van der Waals surface area (Å²) in [5.41, 5.74) is 4.46. The Morgan fingerprint density at radius 1 is 1.03 bits per heavy atom. The molecule has 1 N–H and O–H groups in total. The van der Waals surface area contributed by atoms with Crippen molar-refractivity contribution in [3.63, 3.8) is 0 Å². The molecule has 8 nitrogen and oxygen atoms in total. The number of fused-ring (bicyclic) bond motifs is 1. The van der Waals surface area contributed by atoms with E-state index in [0.717, 1.165) is 22.4 Å². The van der Waals surface area contributed by atoms with E-state index in [1.807, 2.05) is 62.4 Å². The minimum absolute atomic E-state index is 0.357. The number of thioether (sulfide) groups is 1. The number of hydrogen-bond acceptors (Lipinski definition) is 6. The number of aryl methyl sites for hydroxylation is 2. The number of rotatable bonds is 3. The predicted molar refractivity (Wildman–Crippen MR) is 108 cm³/mol. The summed E-state index contributed by atoms with van der Waals surface area (Å²) in [7, 11) is 0. The Morgan fingerprint density at radius 2 is 1.72 bits per heavy atom. The Kier molecular flexibility index (Phi) is 4.17. The van der Waals surface area contributed by atoms with Gasteiger partial charge < -0.3 is 0 Å². The zero-order valence-corrected chi connectivity index (χ0v) is 16.6. The fourth-order valence-corrected chi connectivity index (χ4v) is 3.93. The first-order valence-corrected chi connectivity index (χ1v) is 10.0. The molecule has 4 aromatic rings. The molecule has 0 unspecified atom stereocenters. The Labute approximate surface area is 169 Å². The molecule has 2 aromatic heterocycles. The van der Waals surface area contributed by atoms with Crippen LogP contribution in [0.3, 0.4) is 0 Å². The molecule has 0 radical (unpaired) electrons. The van der Waals surface area contributed by atoms with Gasteiger partial charge in [0.05, 0.1) is 5.75 Å². The lowest BCUT2D eigenvalue weighted by molar-refractivity contribution is -0.671. The van der Waals surface area contributed by atoms with Crippen molar-refractivity contribution in [3.8, 4) is 17.1 Å². The SMILES string of the molecule is Cc1ccc(-c2nnc3n2N=C(c2c(=O)o[nH][n+]2-c2ccc(C)cc2)CS3)cc1. The number of aromatic amines is 1. The third-order valence-corrected chi connectivity index (χ3v) is 5.62. The second-order valence-corrected chi connectivity index (χ2v) is 7.76. The van der Waals surface area contributed by atoms with E-state index >= 15 is 0 Å². The number of benzene rings is 2. The van der Waals surface area contributed by atoms with Gasteiger partial charge in [-0.15, -0.1) is 10.2 Å². The average molecular weight is 405 g/mol. The van der Waals surface area contributed by atoms with Gasteiger partial charge in [0.1, 0.15) is 0 Å². The van der Waals surface area contributed by atoms with Crippen molar-refractivity contribution >= 4 is 17.5 Å². The summed E-state index contributed by atoms with van der Waals surface area (Å²) in [6, 6.07) is 15.8. The van der Waals surface area contributed by atoms with Gasteiger partial charge in [0.25, 0.3) is 0 Å². The maximum absolute atomic E-state index is 12.5. The molecule has 0 fully saturated rings. The van der Waals surface area contributed by atoms with E-state index in [0.29, 0.717) is 28.1 Å². The first kappa shape index (κ1) is 17.6. The van der Waals surface area contributed by atoms with E-state index in [9.17, 15) is 4.79 Å². The number of hydrogen-bond donors (Lipinski definition) is 1. The number of aromatic nitrogens is 5. The minimum atomic E-state index is -0.474. The van der Waals surface area contributed by atoms with Crippen LogP contribution in [0.15, 0.2) is 68.1 Å². The summed E-state index contributed by atoms with van der Waals surface area (Å²) in [5.74, 6) is 1.12. The lowest BCUT2D eigenvalue weighted by Gasteiger charge is -2.10. The van der Waals surface area contributed by atoms with Crippen LogP contribution in [0.25, 0.3) is 17.1 Å². The van der Waals surface area contributed by atoms with Gasteiger partial charge >= 0.3 is 11.3 Å². The van der Waals surface area contributed by atoms with Gasteiger partial charge in [-0.05, 0) is 23.8 Å². The maximum Gasteiger partial charge on any atom is 0.437 e. The smallest absolute Gasteiger partial charge is 0.282 e. The predicted octanol–water partition coefficient (Wildman–Crippen LogP) is 2.48. The second kappa shape index (κ2) is 6.85. The first-order valence-electron chi connectivity index (χ1n) is 9.04. The van der Waals surface area contributed by atoms with Crippen LogP contribution in [0.5, 0.6) is 0 Å². The molecule has 0 amide bonds. The molecule has 0 saturated heterocycles. The zero-order valence-electron chi connectivity index (χ0n) is 15.8. The molecule has 0 saturated carbocycles. The molecule has 29 heavy (non-hydrogen) atoms. The fraction of sp³-hybridized carbons (Fsp3) is 0.150. The van der Waals surface area contributed by atoms with Crippen LogP contribution >= 0.6 is 11.8 Å². The molecule has 0 bridgehead atoms. The van der Waals surface area contributed by atoms with Gasteiger partial charge in [-0.25, -0.2) is 4.79 Å². The topological polar surface area (TPSA) is 92.9 Å². The summed E-state index contributed by atoms with van der Waals surface area (Å²) >= 11 is 1.48. The van der Waals surface area contributed by atoms with E-state index in [2.05, 4.69) is 15.5 Å². The number of H-pyrrole nitrogens is 1. The molecule has 0 atom stereocenters. The highest BCUT2D eigenvalue weighted by atomic mass is 32.2. The Hall–Kier alpha value is -3.46. The quantitative estimate of drug-likeness (QED) is 0.529. The van der Waals surface area contributed by atoms with Crippen molar-refractivity contribution in [1.82, 2.24) is 20.1 Å². The van der Waals surface area contributed by atoms with E-state index in [1.54, 1.807) is 9.36 Å². The summed E-state index contributed by atoms with van der Waals surface area (Å²) in [6.45, 7) is 4.04. The Morgan fingerprint density at radius 3 is 2.45 bits per heavy atom. The van der Waals surface area contributed by atoms with Crippen molar-refractivity contribution in [2.24, 2.45) is 5.10 Å². The molecular weight excluding hydrogens is 388 g/mol. The van der Waals surface area contributed by atoms with Gasteiger partial charge in [-0.1, -0.05) is 59.3 Å². The highest BCUT2D eigenvalue weighted by Crippen LogP contribution is 2.27. The third kappa shape index (κ3) is 3.09. The van der Waals surface area contributed by atoms with Crippen LogP contribution in [0.1, 0.15) is 16.8 Å². The van der Waals surface area contributed by atoms with Crippen molar-refractivity contribution in [1.29, 1.82) is 0 Å². The summed E-state index contributed by atoms with van der Waals surface area (Å²) in [5, 5.41) is 16.6. The average Bonchev–Trinajstić information content (AvgIpc) is 3.32. The van der Waals surface area contributed by atoms with E-state index in [1.165, 1.54) is 11.8 Å². The van der Waals surface area contributed by atoms with E-state index < -0.39 is 5.63 Å². The molecule has 5 rings (SSSR count). The maximum atomic E-state index is 12.5. The molecule has 3 heterocycles. The fourth-order valence-electron chi connectivity index (χ4n) is 3.12. The molecule has 1 aliphatic heterocycles. The van der Waals surface area contributed by atoms with Crippen molar-refractivity contribution in [3.05, 3.63) is 75.8 Å². The molecule has 9 heteroatoms. The second-order valence-electron chi connectivity index (χ2n) is 6.82. The molecule has 0 aliphatic carbocycles. The lowest BCUT2D eigenvalue weighted by atomic mass is 10.1. The Bertz CT molecular complexity index is 1280. The monoisotopic (exact) mass is 405 g/mol.